The number of H-pyrrole nitrogens is 1. The van der Waals surface area contributed by atoms with E-state index in [1.807, 2.05) is 18.5 Å². The Morgan fingerprint density at radius 1 is 1.15 bits per heavy atom. The van der Waals surface area contributed by atoms with Gasteiger partial charge in [-0.05, 0) is 30.7 Å². The predicted molar refractivity (Wildman–Crippen MR) is 131 cm³/mol. The van der Waals surface area contributed by atoms with Crippen LogP contribution in [0.15, 0.2) is 36.9 Å². The van der Waals surface area contributed by atoms with Crippen molar-refractivity contribution in [3.63, 3.8) is 0 Å². The second kappa shape index (κ2) is 7.80. The summed E-state index contributed by atoms with van der Waals surface area (Å²) in [6, 6.07) is 6.24. The number of nitrogens with one attached hydrogen (secondary N) is 1. The molecular weight excluding hydrogens is 428 g/mol. The number of hydrogen-bond donors (Lipinski definition) is 1. The highest BCUT2D eigenvalue weighted by atomic mass is 16.5. The Morgan fingerprint density at radius 3 is 2.65 bits per heavy atom. The molecule has 176 valence electrons. The highest BCUT2D eigenvalue weighted by Crippen LogP contribution is 2.42. The summed E-state index contributed by atoms with van der Waals surface area (Å²) < 4.78 is 7.28. The first-order valence-corrected chi connectivity index (χ1v) is 11.9. The zero-order chi connectivity index (χ0) is 23.4. The second-order valence-corrected chi connectivity index (χ2v) is 9.90. The summed E-state index contributed by atoms with van der Waals surface area (Å²) in [6.07, 6.45) is 5.46. The van der Waals surface area contributed by atoms with Gasteiger partial charge in [0.15, 0.2) is 11.4 Å². The van der Waals surface area contributed by atoms with Crippen molar-refractivity contribution in [2.45, 2.75) is 26.7 Å². The number of ether oxygens (including phenoxy) is 1. The van der Waals surface area contributed by atoms with Crippen molar-refractivity contribution in [1.82, 2.24) is 34.7 Å². The molecule has 9 nitrogen and oxygen atoms in total. The Kier molecular flexibility index (Phi) is 4.84. The fourth-order valence-corrected chi connectivity index (χ4v) is 5.50. The fraction of sp³-hybridized carbons (Fsp3) is 0.440. The Hall–Kier alpha value is -3.46. The maximum Gasteiger partial charge on any atom is 0.197 e. The van der Waals surface area contributed by atoms with Crippen LogP contribution in [-0.2, 0) is 0 Å². The number of hydrogen-bond acceptors (Lipinski definition) is 7. The molecule has 0 radical (unpaired) electrons. The standard InChI is InChI=1S/C25H30N8O/c1-5-31-11-25(12-31)13-32(14-25)18-6-7-19(26-9-18)23-21(16(2)3)22(29-30-23)17-8-20(34-4)24-27-15-28-33(24)10-17/h6-10,15-16H,5,11-14H2,1-4H3,(H,29,30). The van der Waals surface area contributed by atoms with Gasteiger partial charge in [-0.1, -0.05) is 20.8 Å². The molecule has 9 heteroatoms. The average molecular weight is 459 g/mol. The molecule has 34 heavy (non-hydrogen) atoms. The number of likely N-dealkylation sites (tertiary alicyclic amines) is 1. The zero-order valence-corrected chi connectivity index (χ0v) is 20.1. The van der Waals surface area contributed by atoms with Crippen LogP contribution in [0.2, 0.25) is 0 Å². The van der Waals surface area contributed by atoms with Crippen LogP contribution >= 0.6 is 0 Å². The van der Waals surface area contributed by atoms with Gasteiger partial charge in [0.05, 0.1) is 30.4 Å². The van der Waals surface area contributed by atoms with Crippen LogP contribution in [0.3, 0.4) is 0 Å². The number of fused-ring (bicyclic) bond motifs is 1. The molecule has 0 aromatic carbocycles. The lowest BCUT2D eigenvalue weighted by Gasteiger charge is -2.61. The number of nitrogens with zero attached hydrogens (tertiary/aromatic N) is 7. The monoisotopic (exact) mass is 458 g/mol. The number of aromatic nitrogens is 6. The van der Waals surface area contributed by atoms with Crippen LogP contribution in [0.4, 0.5) is 5.69 Å². The normalized spacial score (nSPS) is 17.4. The molecule has 2 aliphatic heterocycles. The van der Waals surface area contributed by atoms with Gasteiger partial charge in [0, 0.05) is 48.9 Å². The Labute approximate surface area is 198 Å². The molecule has 1 spiro atoms. The quantitative estimate of drug-likeness (QED) is 0.473. The lowest BCUT2D eigenvalue weighted by Crippen LogP contribution is -2.72. The first kappa shape index (κ1) is 21.1. The predicted octanol–water partition coefficient (Wildman–Crippen LogP) is 3.46. The lowest BCUT2D eigenvalue weighted by molar-refractivity contribution is -0.0178. The molecule has 6 heterocycles. The molecule has 4 aromatic rings. The van der Waals surface area contributed by atoms with Gasteiger partial charge in [0.1, 0.15) is 12.0 Å². The number of aromatic amines is 1. The molecule has 6 rings (SSSR count). The summed E-state index contributed by atoms with van der Waals surface area (Å²) in [5.41, 5.74) is 7.15. The van der Waals surface area contributed by atoms with E-state index in [0.29, 0.717) is 16.8 Å². The van der Waals surface area contributed by atoms with Gasteiger partial charge < -0.3 is 14.5 Å². The van der Waals surface area contributed by atoms with Crippen molar-refractivity contribution in [1.29, 1.82) is 0 Å². The summed E-state index contributed by atoms with van der Waals surface area (Å²) in [5, 5.41) is 12.2. The fourth-order valence-electron chi connectivity index (χ4n) is 5.50. The molecule has 1 N–H and O–H groups in total. The van der Waals surface area contributed by atoms with Gasteiger partial charge >= 0.3 is 0 Å². The van der Waals surface area contributed by atoms with E-state index in [1.165, 1.54) is 25.1 Å². The van der Waals surface area contributed by atoms with Crippen molar-refractivity contribution in [3.05, 3.63) is 42.5 Å². The van der Waals surface area contributed by atoms with Crippen molar-refractivity contribution in [2.75, 3.05) is 44.7 Å². The summed E-state index contributed by atoms with van der Waals surface area (Å²) in [6.45, 7) is 12.4. The van der Waals surface area contributed by atoms with Crippen molar-refractivity contribution < 1.29 is 4.74 Å². The van der Waals surface area contributed by atoms with Gasteiger partial charge in [-0.25, -0.2) is 9.50 Å². The van der Waals surface area contributed by atoms with E-state index < -0.39 is 0 Å². The van der Waals surface area contributed by atoms with Crippen molar-refractivity contribution >= 4 is 11.3 Å². The Bertz CT molecular complexity index is 1320. The number of anilines is 1. The zero-order valence-electron chi connectivity index (χ0n) is 20.1. The molecule has 2 saturated heterocycles. The molecule has 0 atom stereocenters. The van der Waals surface area contributed by atoms with Crippen LogP contribution in [0, 0.1) is 5.41 Å². The van der Waals surface area contributed by atoms with E-state index in [1.54, 1.807) is 11.6 Å². The summed E-state index contributed by atoms with van der Waals surface area (Å²) >= 11 is 0. The smallest absolute Gasteiger partial charge is 0.197 e. The first-order chi connectivity index (χ1) is 16.5. The van der Waals surface area contributed by atoms with E-state index in [4.69, 9.17) is 9.72 Å². The van der Waals surface area contributed by atoms with Gasteiger partial charge in [0.25, 0.3) is 0 Å². The molecule has 2 fully saturated rings. The molecule has 0 amide bonds. The van der Waals surface area contributed by atoms with E-state index in [0.717, 1.165) is 47.8 Å². The molecule has 4 aromatic heterocycles. The molecule has 0 unspecified atom stereocenters. The summed E-state index contributed by atoms with van der Waals surface area (Å²) in [5.74, 6) is 0.919. The van der Waals surface area contributed by atoms with E-state index in [2.05, 4.69) is 63.0 Å². The van der Waals surface area contributed by atoms with E-state index in [-0.39, 0.29) is 5.92 Å². The minimum absolute atomic E-state index is 0.248. The molecule has 2 aliphatic rings. The SMILES string of the molecule is CCN1CC2(C1)CN(c1ccc(-c3n[nH]c(-c4cc(OC)c5ncnn5c4)c3C(C)C)nc1)C2. The van der Waals surface area contributed by atoms with Crippen LogP contribution in [0.25, 0.3) is 28.3 Å². The number of rotatable bonds is 6. The highest BCUT2D eigenvalue weighted by molar-refractivity contribution is 5.75. The van der Waals surface area contributed by atoms with Crippen LogP contribution < -0.4 is 9.64 Å². The van der Waals surface area contributed by atoms with Gasteiger partial charge in [0.2, 0.25) is 0 Å². The maximum atomic E-state index is 5.55. The largest absolute Gasteiger partial charge is 0.493 e. The van der Waals surface area contributed by atoms with E-state index in [9.17, 15) is 0 Å². The van der Waals surface area contributed by atoms with Crippen LogP contribution in [-0.4, -0.2) is 74.5 Å². The van der Waals surface area contributed by atoms with Crippen LogP contribution in [0.1, 0.15) is 32.3 Å². The Morgan fingerprint density at radius 2 is 1.97 bits per heavy atom. The van der Waals surface area contributed by atoms with Crippen molar-refractivity contribution in [2.24, 2.45) is 5.41 Å². The van der Waals surface area contributed by atoms with Crippen LogP contribution in [0.5, 0.6) is 5.75 Å². The number of methoxy groups -OCH3 is 1. The topological polar surface area (TPSA) is 87.5 Å². The molecule has 0 saturated carbocycles. The highest BCUT2D eigenvalue weighted by Gasteiger charge is 2.51. The first-order valence-electron chi connectivity index (χ1n) is 11.9. The second-order valence-electron chi connectivity index (χ2n) is 9.90. The average Bonchev–Trinajstić information content (AvgIpc) is 3.44. The molecular formula is C25H30N8O. The Balaban J connectivity index is 1.29. The minimum atomic E-state index is 0.248. The van der Waals surface area contributed by atoms with Gasteiger partial charge in [-0.2, -0.15) is 10.2 Å². The van der Waals surface area contributed by atoms with Gasteiger partial charge in [-0.3, -0.25) is 10.1 Å². The number of pyridine rings is 2. The summed E-state index contributed by atoms with van der Waals surface area (Å²) in [4.78, 5) is 14.0. The third-order valence-electron chi connectivity index (χ3n) is 7.20. The molecule has 0 aliphatic carbocycles. The molecule has 0 bridgehead atoms. The maximum absolute atomic E-state index is 5.55. The van der Waals surface area contributed by atoms with Crippen molar-refractivity contribution in [3.8, 4) is 28.4 Å². The van der Waals surface area contributed by atoms with E-state index >= 15 is 0 Å². The summed E-state index contributed by atoms with van der Waals surface area (Å²) in [7, 11) is 1.64. The van der Waals surface area contributed by atoms with Gasteiger partial charge in [-0.15, -0.1) is 0 Å². The third-order valence-corrected chi connectivity index (χ3v) is 7.20. The lowest BCUT2D eigenvalue weighted by atomic mass is 9.72. The minimum Gasteiger partial charge on any atom is -0.493 e. The third kappa shape index (κ3) is 3.26.